The summed E-state index contributed by atoms with van der Waals surface area (Å²) in [6, 6.07) is 19.8. The van der Waals surface area contributed by atoms with Crippen molar-refractivity contribution >= 4 is 23.4 Å². The number of anilines is 1. The van der Waals surface area contributed by atoms with E-state index in [1.807, 2.05) is 78.7 Å². The Morgan fingerprint density at radius 1 is 1.05 bits per heavy atom. The highest BCUT2D eigenvalue weighted by molar-refractivity contribution is 7.99. The van der Waals surface area contributed by atoms with Gasteiger partial charge in [-0.15, -0.1) is 11.8 Å². The molecule has 0 fully saturated rings. The zero-order valence-corrected chi connectivity index (χ0v) is 12.6. The van der Waals surface area contributed by atoms with Crippen LogP contribution < -0.4 is 4.90 Å². The molecule has 0 radical (unpaired) electrons. The fourth-order valence-corrected chi connectivity index (χ4v) is 2.98. The summed E-state index contributed by atoms with van der Waals surface area (Å²) in [5, 5.41) is -0.156. The van der Waals surface area contributed by atoms with Crippen LogP contribution >= 0.6 is 11.8 Å². The van der Waals surface area contributed by atoms with Gasteiger partial charge in [-0.05, 0) is 30.9 Å². The van der Waals surface area contributed by atoms with Crippen molar-refractivity contribution < 1.29 is 4.79 Å². The van der Waals surface area contributed by atoms with Gasteiger partial charge < -0.3 is 4.90 Å². The molecular formula is C17H19NOS. The van der Waals surface area contributed by atoms with Gasteiger partial charge in [-0.2, -0.15) is 0 Å². The van der Waals surface area contributed by atoms with Crippen LogP contribution in [0.4, 0.5) is 5.69 Å². The van der Waals surface area contributed by atoms with Gasteiger partial charge in [-0.25, -0.2) is 0 Å². The Kier molecular flexibility index (Phi) is 5.24. The Labute approximate surface area is 124 Å². The van der Waals surface area contributed by atoms with Crippen LogP contribution in [0.1, 0.15) is 17.7 Å². The molecule has 104 valence electrons. The van der Waals surface area contributed by atoms with E-state index in [4.69, 9.17) is 0 Å². The van der Waals surface area contributed by atoms with Gasteiger partial charge in [0.25, 0.3) is 0 Å². The summed E-state index contributed by atoms with van der Waals surface area (Å²) in [5.74, 6) is 0.136. The zero-order chi connectivity index (χ0) is 14.4. The molecule has 0 bridgehead atoms. The molecule has 1 unspecified atom stereocenters. The van der Waals surface area contributed by atoms with Crippen LogP contribution in [0.5, 0.6) is 0 Å². The van der Waals surface area contributed by atoms with Crippen LogP contribution in [0.25, 0.3) is 0 Å². The summed E-state index contributed by atoms with van der Waals surface area (Å²) in [7, 11) is 0. The molecule has 0 N–H and O–H groups in total. The van der Waals surface area contributed by atoms with E-state index >= 15 is 0 Å². The summed E-state index contributed by atoms with van der Waals surface area (Å²) in [4.78, 5) is 14.7. The van der Waals surface area contributed by atoms with Crippen LogP contribution in [0.3, 0.4) is 0 Å². The Hall–Kier alpha value is -1.74. The molecular weight excluding hydrogens is 266 g/mol. The molecule has 3 heteroatoms. The summed E-state index contributed by atoms with van der Waals surface area (Å²) in [6.07, 6.45) is 1.98. The number of carbonyl (C=O) groups is 1. The van der Waals surface area contributed by atoms with E-state index in [-0.39, 0.29) is 11.2 Å². The summed E-state index contributed by atoms with van der Waals surface area (Å²) in [5.41, 5.74) is 2.01. The summed E-state index contributed by atoms with van der Waals surface area (Å²) < 4.78 is 0. The lowest BCUT2D eigenvalue weighted by atomic mass is 10.1. The molecule has 0 aliphatic rings. The zero-order valence-electron chi connectivity index (χ0n) is 11.8. The standard InChI is InChI=1S/C17H19NOS/c1-3-18(15-12-8-5-9-13-15)17(19)16(20-2)14-10-6-4-7-11-14/h4-13,16H,3H2,1-2H3. The van der Waals surface area contributed by atoms with Crippen molar-refractivity contribution in [1.82, 2.24) is 0 Å². The minimum absolute atomic E-state index is 0.136. The lowest BCUT2D eigenvalue weighted by Gasteiger charge is -2.25. The van der Waals surface area contributed by atoms with Crippen LogP contribution in [0.15, 0.2) is 60.7 Å². The number of hydrogen-bond acceptors (Lipinski definition) is 2. The second kappa shape index (κ2) is 7.15. The third-order valence-electron chi connectivity index (χ3n) is 3.21. The minimum atomic E-state index is -0.156. The second-order valence-electron chi connectivity index (χ2n) is 4.44. The molecule has 0 heterocycles. The predicted octanol–water partition coefficient (Wildman–Crippen LogP) is 4.14. The average Bonchev–Trinajstić information content (AvgIpc) is 2.51. The van der Waals surface area contributed by atoms with E-state index in [2.05, 4.69) is 0 Å². The van der Waals surface area contributed by atoms with Crippen molar-refractivity contribution in [2.45, 2.75) is 12.2 Å². The minimum Gasteiger partial charge on any atom is -0.311 e. The SMILES string of the molecule is CCN(C(=O)C(SC)c1ccccc1)c1ccccc1. The Morgan fingerprint density at radius 3 is 2.10 bits per heavy atom. The molecule has 2 aromatic rings. The third-order valence-corrected chi connectivity index (χ3v) is 4.16. The topological polar surface area (TPSA) is 20.3 Å². The van der Waals surface area contributed by atoms with Gasteiger partial charge in [-0.3, -0.25) is 4.79 Å². The number of benzene rings is 2. The molecule has 0 aliphatic heterocycles. The number of rotatable bonds is 5. The number of nitrogens with zero attached hydrogens (tertiary/aromatic N) is 1. The smallest absolute Gasteiger partial charge is 0.244 e. The first-order valence-electron chi connectivity index (χ1n) is 6.72. The highest BCUT2D eigenvalue weighted by Crippen LogP contribution is 2.30. The summed E-state index contributed by atoms with van der Waals surface area (Å²) in [6.45, 7) is 2.68. The van der Waals surface area contributed by atoms with Gasteiger partial charge in [0.15, 0.2) is 0 Å². The number of likely N-dealkylation sites (N-methyl/N-ethyl adjacent to an activating group) is 1. The Bertz CT molecular complexity index is 492. The molecule has 1 amide bonds. The second-order valence-corrected chi connectivity index (χ2v) is 5.39. The van der Waals surface area contributed by atoms with Crippen LogP contribution in [-0.4, -0.2) is 18.7 Å². The maximum absolute atomic E-state index is 12.8. The molecule has 0 saturated carbocycles. The van der Waals surface area contributed by atoms with Gasteiger partial charge in [0, 0.05) is 12.2 Å². The third kappa shape index (κ3) is 3.23. The van der Waals surface area contributed by atoms with E-state index in [9.17, 15) is 4.79 Å². The van der Waals surface area contributed by atoms with Gasteiger partial charge in [0.05, 0.1) is 0 Å². The first-order valence-corrected chi connectivity index (χ1v) is 8.01. The van der Waals surface area contributed by atoms with Crippen molar-refractivity contribution in [3.8, 4) is 0 Å². The molecule has 2 rings (SSSR count). The number of carbonyl (C=O) groups excluding carboxylic acids is 1. The van der Waals surface area contributed by atoms with Crippen LogP contribution in [0, 0.1) is 0 Å². The fourth-order valence-electron chi connectivity index (χ4n) is 2.22. The lowest BCUT2D eigenvalue weighted by Crippen LogP contribution is -2.34. The van der Waals surface area contributed by atoms with E-state index in [0.717, 1.165) is 11.3 Å². The van der Waals surface area contributed by atoms with Gasteiger partial charge in [-0.1, -0.05) is 48.5 Å². The average molecular weight is 285 g/mol. The molecule has 0 aliphatic carbocycles. The lowest BCUT2D eigenvalue weighted by molar-refractivity contribution is -0.118. The van der Waals surface area contributed by atoms with Crippen molar-refractivity contribution in [1.29, 1.82) is 0 Å². The number of para-hydroxylation sites is 1. The van der Waals surface area contributed by atoms with Crippen molar-refractivity contribution in [3.63, 3.8) is 0 Å². The van der Waals surface area contributed by atoms with E-state index in [0.29, 0.717) is 6.54 Å². The Morgan fingerprint density at radius 2 is 1.60 bits per heavy atom. The number of amides is 1. The monoisotopic (exact) mass is 285 g/mol. The molecule has 0 aromatic heterocycles. The fraction of sp³-hybridized carbons (Fsp3) is 0.235. The number of thioether (sulfide) groups is 1. The van der Waals surface area contributed by atoms with E-state index < -0.39 is 0 Å². The van der Waals surface area contributed by atoms with Crippen molar-refractivity contribution in [2.75, 3.05) is 17.7 Å². The molecule has 20 heavy (non-hydrogen) atoms. The Balaban J connectivity index is 2.28. The first kappa shape index (κ1) is 14.7. The van der Waals surface area contributed by atoms with Gasteiger partial charge in [0.2, 0.25) is 5.91 Å². The van der Waals surface area contributed by atoms with E-state index in [1.54, 1.807) is 11.8 Å². The number of hydrogen-bond donors (Lipinski definition) is 0. The maximum Gasteiger partial charge on any atom is 0.244 e. The highest BCUT2D eigenvalue weighted by Gasteiger charge is 2.25. The normalized spacial score (nSPS) is 11.9. The molecule has 1 atom stereocenters. The quantitative estimate of drug-likeness (QED) is 0.822. The largest absolute Gasteiger partial charge is 0.311 e. The maximum atomic E-state index is 12.8. The van der Waals surface area contributed by atoms with Gasteiger partial charge >= 0.3 is 0 Å². The van der Waals surface area contributed by atoms with Crippen LogP contribution in [0.2, 0.25) is 0 Å². The molecule has 0 saturated heterocycles. The molecule has 2 nitrogen and oxygen atoms in total. The molecule has 2 aromatic carbocycles. The predicted molar refractivity (Wildman–Crippen MR) is 87.2 cm³/mol. The molecule has 0 spiro atoms. The summed E-state index contributed by atoms with van der Waals surface area (Å²) >= 11 is 1.58. The highest BCUT2D eigenvalue weighted by atomic mass is 32.2. The van der Waals surface area contributed by atoms with E-state index in [1.165, 1.54) is 0 Å². The van der Waals surface area contributed by atoms with Gasteiger partial charge in [0.1, 0.15) is 5.25 Å². The van der Waals surface area contributed by atoms with Crippen molar-refractivity contribution in [3.05, 3.63) is 66.2 Å². The van der Waals surface area contributed by atoms with Crippen molar-refractivity contribution in [2.24, 2.45) is 0 Å². The first-order chi connectivity index (χ1) is 9.77. The van der Waals surface area contributed by atoms with Crippen LogP contribution in [-0.2, 0) is 4.79 Å².